The Morgan fingerprint density at radius 1 is 1.17 bits per heavy atom. The second-order valence-electron chi connectivity index (χ2n) is 6.31. The van der Waals surface area contributed by atoms with Crippen LogP contribution in [0.2, 0.25) is 0 Å². The molecule has 0 aromatic rings. The number of hydrogen-bond donors (Lipinski definition) is 0. The first kappa shape index (κ1) is 17.5. The Morgan fingerprint density at radius 2 is 1.71 bits per heavy atom. The molecular weight excluding hydrogens is 338 g/mol. The van der Waals surface area contributed by atoms with Gasteiger partial charge in [-0.05, 0) is 6.92 Å². The van der Waals surface area contributed by atoms with Crippen molar-refractivity contribution in [2.45, 2.75) is 30.8 Å². The molecule has 0 aromatic heterocycles. The van der Waals surface area contributed by atoms with Gasteiger partial charge in [-0.1, -0.05) is 0 Å². The molecule has 3 amide bonds. The summed E-state index contributed by atoms with van der Waals surface area (Å²) in [6.07, 6.45) is 0.855. The third-order valence-corrected chi connectivity index (χ3v) is 7.22. The summed E-state index contributed by atoms with van der Waals surface area (Å²) < 4.78 is 39.7. The van der Waals surface area contributed by atoms with E-state index >= 15 is 0 Å². The van der Waals surface area contributed by atoms with Crippen molar-refractivity contribution in [2.75, 3.05) is 40.4 Å². The van der Waals surface area contributed by atoms with E-state index in [-0.39, 0.29) is 18.8 Å². The van der Waals surface area contributed by atoms with E-state index in [0.29, 0.717) is 26.1 Å². The van der Waals surface area contributed by atoms with E-state index in [9.17, 15) is 18.0 Å². The lowest BCUT2D eigenvalue weighted by atomic mass is 10.1. The molecule has 0 aromatic carbocycles. The van der Waals surface area contributed by atoms with E-state index in [1.54, 1.807) is 0 Å². The highest BCUT2D eigenvalue weighted by Crippen LogP contribution is 2.33. The number of amides is 3. The molecule has 2 fully saturated rings. The van der Waals surface area contributed by atoms with E-state index in [4.69, 9.17) is 9.47 Å². The fourth-order valence-electron chi connectivity index (χ4n) is 3.36. The maximum absolute atomic E-state index is 13.0. The Kier molecular flexibility index (Phi) is 4.27. The van der Waals surface area contributed by atoms with E-state index in [0.717, 1.165) is 4.90 Å². The number of rotatable bonds is 2. The van der Waals surface area contributed by atoms with Crippen LogP contribution >= 0.6 is 0 Å². The number of sulfonamides is 1. The van der Waals surface area contributed by atoms with Gasteiger partial charge >= 0.3 is 11.9 Å². The van der Waals surface area contributed by atoms with Gasteiger partial charge < -0.3 is 9.47 Å². The second-order valence-corrected chi connectivity index (χ2v) is 8.33. The topological polar surface area (TPSA) is 96.2 Å². The summed E-state index contributed by atoms with van der Waals surface area (Å²) in [5.41, 5.74) is 0.219. The number of piperidine rings is 1. The summed E-state index contributed by atoms with van der Waals surface area (Å²) in [6.45, 7) is 2.97. The van der Waals surface area contributed by atoms with Crippen LogP contribution in [0.3, 0.4) is 0 Å². The third kappa shape index (κ3) is 2.57. The normalized spacial score (nSPS) is 29.0. The van der Waals surface area contributed by atoms with Crippen LogP contribution in [0.1, 0.15) is 19.8 Å². The predicted molar refractivity (Wildman–Crippen MR) is 83.2 cm³/mol. The van der Waals surface area contributed by atoms with Crippen molar-refractivity contribution in [1.82, 2.24) is 9.21 Å². The molecule has 1 spiro atoms. The lowest BCUT2D eigenvalue weighted by molar-refractivity contribution is -0.405. The number of nitrogens with zero attached hydrogens (tertiary/aromatic N) is 3. The van der Waals surface area contributed by atoms with Gasteiger partial charge in [0, 0.05) is 25.9 Å². The molecule has 3 aliphatic heterocycles. The van der Waals surface area contributed by atoms with Gasteiger partial charge in [0.25, 0.3) is 0 Å². The lowest BCUT2D eigenvalue weighted by Crippen LogP contribution is -2.60. The maximum atomic E-state index is 13.0. The molecule has 1 unspecified atom stereocenters. The quantitative estimate of drug-likeness (QED) is 0.600. The van der Waals surface area contributed by atoms with Crippen LogP contribution < -0.4 is 0 Å². The van der Waals surface area contributed by atoms with Crippen LogP contribution in [0, 0.1) is 0 Å². The molecule has 3 aliphatic rings. The predicted octanol–water partition coefficient (Wildman–Crippen LogP) is -0.781. The highest BCUT2D eigenvalue weighted by Gasteiger charge is 2.53. The van der Waals surface area contributed by atoms with Gasteiger partial charge in [0.15, 0.2) is 5.79 Å². The number of ether oxygens (including phenoxy) is 2. The Morgan fingerprint density at radius 3 is 2.25 bits per heavy atom. The summed E-state index contributed by atoms with van der Waals surface area (Å²) in [6, 6.07) is -0.533. The SMILES string of the molecule is CC1=[N+](C)C(=O)N(C)C(=O)C1S(=O)(=O)N1CCC2(CC1)OCCO2. The average Bonchev–Trinajstić information content (AvgIpc) is 2.99. The monoisotopic (exact) mass is 360 g/mol. The van der Waals surface area contributed by atoms with Gasteiger partial charge in [-0.25, -0.2) is 17.5 Å². The zero-order chi connectivity index (χ0) is 17.7. The molecule has 24 heavy (non-hydrogen) atoms. The molecule has 0 radical (unpaired) electrons. The Hall–Kier alpha value is -1.36. The fourth-order valence-corrected chi connectivity index (χ4v) is 5.35. The number of urea groups is 1. The van der Waals surface area contributed by atoms with Crippen LogP contribution in [0.15, 0.2) is 0 Å². The molecule has 3 heterocycles. The third-order valence-electron chi connectivity index (χ3n) is 4.99. The average molecular weight is 360 g/mol. The first-order valence-corrected chi connectivity index (χ1v) is 9.35. The molecule has 3 rings (SSSR count). The van der Waals surface area contributed by atoms with Gasteiger partial charge in [0.05, 0.1) is 27.3 Å². The van der Waals surface area contributed by atoms with E-state index in [1.807, 2.05) is 0 Å². The van der Waals surface area contributed by atoms with E-state index in [1.165, 1.54) is 29.9 Å². The summed E-state index contributed by atoms with van der Waals surface area (Å²) in [5, 5.41) is -1.37. The lowest BCUT2D eigenvalue weighted by Gasteiger charge is -2.38. The van der Waals surface area contributed by atoms with Gasteiger partial charge in [-0.15, -0.1) is 0 Å². The van der Waals surface area contributed by atoms with Gasteiger partial charge in [0.1, 0.15) is 5.71 Å². The highest BCUT2D eigenvalue weighted by atomic mass is 32.2. The van der Waals surface area contributed by atoms with Gasteiger partial charge in [-0.3, -0.25) is 0 Å². The van der Waals surface area contributed by atoms with E-state index in [2.05, 4.69) is 0 Å². The number of hydrogen-bond acceptors (Lipinski definition) is 6. The smallest absolute Gasteiger partial charge is 0.347 e. The minimum Gasteiger partial charge on any atom is -0.347 e. The summed E-state index contributed by atoms with van der Waals surface area (Å²) >= 11 is 0. The van der Waals surface area contributed by atoms with Gasteiger partial charge in [-0.2, -0.15) is 14.3 Å². The summed E-state index contributed by atoms with van der Waals surface area (Å²) in [7, 11) is -1.16. The first-order chi connectivity index (χ1) is 11.2. The Labute approximate surface area is 140 Å². The van der Waals surface area contributed by atoms with Crippen molar-refractivity contribution in [3.05, 3.63) is 0 Å². The maximum Gasteiger partial charge on any atom is 0.500 e. The van der Waals surface area contributed by atoms with Crippen LogP contribution in [0.25, 0.3) is 0 Å². The van der Waals surface area contributed by atoms with Crippen molar-refractivity contribution in [3.8, 4) is 0 Å². The number of carbonyl (C=O) groups excluding carboxylic acids is 2. The van der Waals surface area contributed by atoms with Crippen molar-refractivity contribution in [3.63, 3.8) is 0 Å². The molecular formula is C14H22N3O6S+. The van der Waals surface area contributed by atoms with Crippen molar-refractivity contribution in [2.24, 2.45) is 0 Å². The summed E-state index contributed by atoms with van der Waals surface area (Å²) in [4.78, 5) is 25.2. The zero-order valence-corrected chi connectivity index (χ0v) is 14.8. The van der Waals surface area contributed by atoms with Crippen molar-refractivity contribution >= 4 is 27.7 Å². The molecule has 0 aliphatic carbocycles. The highest BCUT2D eigenvalue weighted by molar-refractivity contribution is 7.91. The largest absolute Gasteiger partial charge is 0.500 e. The van der Waals surface area contributed by atoms with E-state index < -0.39 is 33.0 Å². The van der Waals surface area contributed by atoms with Crippen molar-refractivity contribution in [1.29, 1.82) is 0 Å². The Bertz CT molecular complexity index is 700. The number of imide groups is 1. The molecule has 0 bridgehead atoms. The van der Waals surface area contributed by atoms with Crippen LogP contribution in [-0.4, -0.2) is 91.3 Å². The minimum atomic E-state index is -3.92. The standard InChI is InChI=1S/C14H22N3O6S/c1-10-11(12(18)16(3)13(19)15(10)2)24(20,21)17-6-4-14(5-7-17)22-8-9-23-14/h11H,4-9H2,1-3H3/q+1. The molecule has 2 saturated heterocycles. The molecule has 1 atom stereocenters. The molecule has 10 heteroatoms. The molecule has 0 saturated carbocycles. The fraction of sp³-hybridized carbons (Fsp3) is 0.786. The van der Waals surface area contributed by atoms with Gasteiger partial charge in [0.2, 0.25) is 15.3 Å². The zero-order valence-electron chi connectivity index (χ0n) is 14.0. The number of carbonyl (C=O) groups is 2. The van der Waals surface area contributed by atoms with Crippen LogP contribution in [0.4, 0.5) is 4.79 Å². The first-order valence-electron chi connectivity index (χ1n) is 7.85. The molecule has 9 nitrogen and oxygen atoms in total. The van der Waals surface area contributed by atoms with Crippen molar-refractivity contribution < 1.29 is 32.1 Å². The molecule has 0 N–H and O–H groups in total. The Balaban J connectivity index is 1.85. The van der Waals surface area contributed by atoms with Crippen LogP contribution in [-0.2, 0) is 24.3 Å². The van der Waals surface area contributed by atoms with Crippen LogP contribution in [0.5, 0.6) is 0 Å². The molecule has 134 valence electrons. The second kappa shape index (κ2) is 5.87. The summed E-state index contributed by atoms with van der Waals surface area (Å²) in [5.74, 6) is -1.41. The minimum absolute atomic E-state index is 0.219.